The quantitative estimate of drug-likeness (QED) is 0.904. The summed E-state index contributed by atoms with van der Waals surface area (Å²) in [6.45, 7) is 3.46. The van der Waals surface area contributed by atoms with E-state index < -0.39 is 0 Å². The van der Waals surface area contributed by atoms with Crippen molar-refractivity contribution in [2.75, 3.05) is 18.8 Å². The SMILES string of the molecule is Cc1ccc(CCC(=O)N2CCC(c3[nH]ncc3N)C2)cc1Cl. The van der Waals surface area contributed by atoms with Crippen molar-refractivity contribution < 1.29 is 4.79 Å². The van der Waals surface area contributed by atoms with Crippen molar-refractivity contribution >= 4 is 23.2 Å². The molecule has 1 aliphatic heterocycles. The number of aromatic amines is 1. The molecule has 1 unspecified atom stereocenters. The number of rotatable bonds is 4. The lowest BCUT2D eigenvalue weighted by atomic mass is 10.0. The first-order valence-corrected chi connectivity index (χ1v) is 8.24. The third-order valence-electron chi connectivity index (χ3n) is 4.51. The van der Waals surface area contributed by atoms with Gasteiger partial charge in [0.1, 0.15) is 0 Å². The van der Waals surface area contributed by atoms with E-state index in [1.807, 2.05) is 30.0 Å². The number of aromatic nitrogens is 2. The molecule has 0 saturated carbocycles. The molecule has 1 aromatic heterocycles. The van der Waals surface area contributed by atoms with E-state index in [2.05, 4.69) is 10.2 Å². The second-order valence-electron chi connectivity index (χ2n) is 6.15. The molecule has 2 aromatic rings. The van der Waals surface area contributed by atoms with Crippen molar-refractivity contribution in [3.05, 3.63) is 46.2 Å². The van der Waals surface area contributed by atoms with Crippen LogP contribution in [0.15, 0.2) is 24.4 Å². The van der Waals surface area contributed by atoms with E-state index in [1.165, 1.54) is 0 Å². The number of nitrogens with zero attached hydrogens (tertiary/aromatic N) is 2. The highest BCUT2D eigenvalue weighted by atomic mass is 35.5. The Morgan fingerprint density at radius 1 is 1.52 bits per heavy atom. The molecule has 6 heteroatoms. The summed E-state index contributed by atoms with van der Waals surface area (Å²) in [7, 11) is 0. The summed E-state index contributed by atoms with van der Waals surface area (Å²) < 4.78 is 0. The fourth-order valence-electron chi connectivity index (χ4n) is 3.06. The normalized spacial score (nSPS) is 17.7. The molecule has 122 valence electrons. The van der Waals surface area contributed by atoms with Gasteiger partial charge in [0.25, 0.3) is 0 Å². The number of amides is 1. The van der Waals surface area contributed by atoms with E-state index in [0.717, 1.165) is 34.8 Å². The third kappa shape index (κ3) is 3.50. The van der Waals surface area contributed by atoms with E-state index in [0.29, 0.717) is 25.1 Å². The number of hydrogen-bond donors (Lipinski definition) is 2. The second kappa shape index (κ2) is 6.62. The Labute approximate surface area is 140 Å². The number of nitrogen functional groups attached to an aromatic ring is 1. The van der Waals surface area contributed by atoms with Crippen LogP contribution in [0.25, 0.3) is 0 Å². The molecule has 1 aliphatic rings. The molecule has 0 aliphatic carbocycles. The predicted molar refractivity (Wildman–Crippen MR) is 91.4 cm³/mol. The average Bonchev–Trinajstić information content (AvgIpc) is 3.16. The Hall–Kier alpha value is -2.01. The van der Waals surface area contributed by atoms with E-state index >= 15 is 0 Å². The maximum atomic E-state index is 12.4. The van der Waals surface area contributed by atoms with Crippen LogP contribution in [0.4, 0.5) is 5.69 Å². The summed E-state index contributed by atoms with van der Waals surface area (Å²) in [5, 5.41) is 7.67. The van der Waals surface area contributed by atoms with Crippen LogP contribution >= 0.6 is 11.6 Å². The number of nitrogens with two attached hydrogens (primary N) is 1. The van der Waals surface area contributed by atoms with Gasteiger partial charge in [-0.2, -0.15) is 5.10 Å². The molecular weight excluding hydrogens is 312 g/mol. The largest absolute Gasteiger partial charge is 0.396 e. The number of hydrogen-bond acceptors (Lipinski definition) is 3. The number of halogens is 1. The molecule has 2 heterocycles. The van der Waals surface area contributed by atoms with Gasteiger partial charge in [-0.25, -0.2) is 0 Å². The van der Waals surface area contributed by atoms with Crippen LogP contribution in [0.1, 0.15) is 35.6 Å². The highest BCUT2D eigenvalue weighted by Gasteiger charge is 2.29. The molecule has 0 bridgehead atoms. The molecule has 3 rings (SSSR count). The van der Waals surface area contributed by atoms with Crippen LogP contribution < -0.4 is 5.73 Å². The molecule has 3 N–H and O–H groups in total. The van der Waals surface area contributed by atoms with Crippen LogP contribution in [0.3, 0.4) is 0 Å². The maximum absolute atomic E-state index is 12.4. The van der Waals surface area contributed by atoms with Crippen LogP contribution in [0.2, 0.25) is 5.02 Å². The van der Waals surface area contributed by atoms with Crippen molar-refractivity contribution in [3.63, 3.8) is 0 Å². The van der Waals surface area contributed by atoms with Crippen LogP contribution in [-0.4, -0.2) is 34.1 Å². The zero-order valence-corrected chi connectivity index (χ0v) is 13.9. The number of anilines is 1. The fourth-order valence-corrected chi connectivity index (χ4v) is 3.26. The van der Waals surface area contributed by atoms with Gasteiger partial charge in [-0.15, -0.1) is 0 Å². The van der Waals surface area contributed by atoms with Crippen LogP contribution in [0, 0.1) is 6.92 Å². The van der Waals surface area contributed by atoms with Crippen molar-refractivity contribution in [1.82, 2.24) is 15.1 Å². The summed E-state index contributed by atoms with van der Waals surface area (Å²) in [5.41, 5.74) is 9.68. The first kappa shape index (κ1) is 15.9. The number of nitrogens with one attached hydrogen (secondary N) is 1. The maximum Gasteiger partial charge on any atom is 0.222 e. The van der Waals surface area contributed by atoms with Crippen LogP contribution in [0.5, 0.6) is 0 Å². The minimum absolute atomic E-state index is 0.183. The minimum atomic E-state index is 0.183. The Kier molecular flexibility index (Phi) is 4.57. The molecule has 0 radical (unpaired) electrons. The van der Waals surface area contributed by atoms with Gasteiger partial charge in [0.15, 0.2) is 0 Å². The zero-order chi connectivity index (χ0) is 16.4. The van der Waals surface area contributed by atoms with Crippen molar-refractivity contribution in [2.45, 2.75) is 32.1 Å². The summed E-state index contributed by atoms with van der Waals surface area (Å²) in [6, 6.07) is 5.98. The van der Waals surface area contributed by atoms with Gasteiger partial charge in [0.05, 0.1) is 17.6 Å². The first-order chi connectivity index (χ1) is 11.0. The Bertz CT molecular complexity index is 712. The lowest BCUT2D eigenvalue weighted by Gasteiger charge is -2.16. The van der Waals surface area contributed by atoms with E-state index in [-0.39, 0.29) is 11.8 Å². The minimum Gasteiger partial charge on any atom is -0.396 e. The molecule has 1 fully saturated rings. The van der Waals surface area contributed by atoms with E-state index in [9.17, 15) is 4.79 Å². The Balaban J connectivity index is 1.55. The topological polar surface area (TPSA) is 75.0 Å². The zero-order valence-electron chi connectivity index (χ0n) is 13.2. The standard InChI is InChI=1S/C17H21ClN4O/c1-11-2-3-12(8-14(11)18)4-5-16(23)22-7-6-13(10-22)17-15(19)9-20-21-17/h2-3,8-9,13H,4-7,10,19H2,1H3,(H,20,21). The summed E-state index contributed by atoms with van der Waals surface area (Å²) >= 11 is 6.13. The highest BCUT2D eigenvalue weighted by Crippen LogP contribution is 2.29. The summed E-state index contributed by atoms with van der Waals surface area (Å²) in [6.07, 6.45) is 3.77. The second-order valence-corrected chi connectivity index (χ2v) is 6.56. The first-order valence-electron chi connectivity index (χ1n) is 7.86. The summed E-state index contributed by atoms with van der Waals surface area (Å²) in [4.78, 5) is 14.3. The molecule has 0 spiro atoms. The van der Waals surface area contributed by atoms with E-state index in [4.69, 9.17) is 17.3 Å². The van der Waals surface area contributed by atoms with Gasteiger partial charge in [-0.3, -0.25) is 9.89 Å². The van der Waals surface area contributed by atoms with E-state index in [1.54, 1.807) is 6.20 Å². The number of likely N-dealkylation sites (tertiary alicyclic amines) is 1. The van der Waals surface area contributed by atoms with Crippen molar-refractivity contribution in [2.24, 2.45) is 0 Å². The van der Waals surface area contributed by atoms with Gasteiger partial charge in [0, 0.05) is 30.5 Å². The highest BCUT2D eigenvalue weighted by molar-refractivity contribution is 6.31. The van der Waals surface area contributed by atoms with Crippen LogP contribution in [-0.2, 0) is 11.2 Å². The number of carbonyl (C=O) groups is 1. The predicted octanol–water partition coefficient (Wildman–Crippen LogP) is 2.90. The number of H-pyrrole nitrogens is 1. The molecule has 1 amide bonds. The van der Waals surface area contributed by atoms with Gasteiger partial charge in [-0.1, -0.05) is 23.7 Å². The molecule has 1 aromatic carbocycles. The monoisotopic (exact) mass is 332 g/mol. The van der Waals surface area contributed by atoms with Gasteiger partial charge in [-0.05, 0) is 37.0 Å². The molecule has 5 nitrogen and oxygen atoms in total. The third-order valence-corrected chi connectivity index (χ3v) is 4.92. The molecule has 1 atom stereocenters. The lowest BCUT2D eigenvalue weighted by Crippen LogP contribution is -2.28. The van der Waals surface area contributed by atoms with Gasteiger partial charge in [0.2, 0.25) is 5.91 Å². The van der Waals surface area contributed by atoms with Crippen molar-refractivity contribution in [3.8, 4) is 0 Å². The van der Waals surface area contributed by atoms with Crippen molar-refractivity contribution in [1.29, 1.82) is 0 Å². The molecule has 1 saturated heterocycles. The smallest absolute Gasteiger partial charge is 0.222 e. The number of aryl methyl sites for hydroxylation is 2. The number of carbonyl (C=O) groups excluding carboxylic acids is 1. The lowest BCUT2D eigenvalue weighted by molar-refractivity contribution is -0.130. The number of benzene rings is 1. The Morgan fingerprint density at radius 3 is 3.04 bits per heavy atom. The average molecular weight is 333 g/mol. The molecular formula is C17H21ClN4O. The Morgan fingerprint density at radius 2 is 2.35 bits per heavy atom. The summed E-state index contributed by atoms with van der Waals surface area (Å²) in [5.74, 6) is 0.442. The van der Waals surface area contributed by atoms with Gasteiger partial charge < -0.3 is 10.6 Å². The van der Waals surface area contributed by atoms with Gasteiger partial charge >= 0.3 is 0 Å². The molecule has 23 heavy (non-hydrogen) atoms. The fraction of sp³-hybridized carbons (Fsp3) is 0.412.